The largest absolute Gasteiger partial charge is 0.384 e. The highest BCUT2D eigenvalue weighted by Gasteiger charge is 2.45. The molecule has 4 N–H and O–H groups in total. The summed E-state index contributed by atoms with van der Waals surface area (Å²) in [6.45, 7) is 0.654. The van der Waals surface area contributed by atoms with E-state index in [2.05, 4.69) is 25.7 Å². The van der Waals surface area contributed by atoms with Crippen molar-refractivity contribution >= 4 is 33.1 Å². The minimum absolute atomic E-state index is 0.183. The maximum Gasteiger partial charge on any atom is 0.323 e. The number of carbonyl (C=O) groups excluding carboxylic acids is 1. The quantitative estimate of drug-likeness (QED) is 0.511. The zero-order chi connectivity index (χ0) is 23.6. The van der Waals surface area contributed by atoms with Gasteiger partial charge in [0.25, 0.3) is 0 Å². The SMILES string of the molecule is Cn1cc(NC(=O)Nc2ccc(-c3nc(N)cc(C4(S(C)(=O)=O)CCOCC4)n3)cc2)cn1. The monoisotopic (exact) mass is 471 g/mol. The Morgan fingerprint density at radius 3 is 2.39 bits per heavy atom. The fraction of sp³-hybridized carbons (Fsp3) is 0.333. The molecule has 1 aliphatic heterocycles. The van der Waals surface area contributed by atoms with Gasteiger partial charge in [0, 0.05) is 50.0 Å². The Labute approximate surface area is 191 Å². The molecule has 0 atom stereocenters. The molecule has 0 unspecified atom stereocenters. The molecule has 12 heteroatoms. The van der Waals surface area contributed by atoms with Gasteiger partial charge in [-0.1, -0.05) is 0 Å². The number of urea groups is 1. The number of carbonyl (C=O) groups is 1. The second-order valence-corrected chi connectivity index (χ2v) is 10.3. The number of nitrogens with zero attached hydrogens (tertiary/aromatic N) is 4. The maximum absolute atomic E-state index is 12.7. The number of nitrogen functional groups attached to an aromatic ring is 1. The van der Waals surface area contributed by atoms with E-state index in [0.29, 0.717) is 54.5 Å². The molecule has 2 amide bonds. The number of amides is 2. The zero-order valence-electron chi connectivity index (χ0n) is 18.3. The van der Waals surface area contributed by atoms with Crippen LogP contribution >= 0.6 is 0 Å². The van der Waals surface area contributed by atoms with Crippen LogP contribution < -0.4 is 16.4 Å². The highest BCUT2D eigenvalue weighted by molar-refractivity contribution is 7.91. The number of aromatic nitrogens is 4. The van der Waals surface area contributed by atoms with E-state index in [-0.39, 0.29) is 5.82 Å². The predicted octanol–water partition coefficient (Wildman–Crippen LogP) is 2.15. The maximum atomic E-state index is 12.7. The van der Waals surface area contributed by atoms with Gasteiger partial charge >= 0.3 is 6.03 Å². The fourth-order valence-corrected chi connectivity index (χ4v) is 5.22. The molecule has 3 aromatic rings. The number of anilines is 3. The molecular weight excluding hydrogens is 446 g/mol. The van der Waals surface area contributed by atoms with Crippen LogP contribution in [-0.4, -0.2) is 53.7 Å². The van der Waals surface area contributed by atoms with Crippen LogP contribution in [0.15, 0.2) is 42.7 Å². The van der Waals surface area contributed by atoms with E-state index < -0.39 is 20.6 Å². The van der Waals surface area contributed by atoms with Crippen LogP contribution in [-0.2, 0) is 26.4 Å². The summed E-state index contributed by atoms with van der Waals surface area (Å²) in [6.07, 6.45) is 5.04. The Hall–Kier alpha value is -3.51. The fourth-order valence-electron chi connectivity index (χ4n) is 3.83. The minimum Gasteiger partial charge on any atom is -0.384 e. The van der Waals surface area contributed by atoms with Crippen LogP contribution in [0, 0.1) is 0 Å². The summed E-state index contributed by atoms with van der Waals surface area (Å²) in [4.78, 5) is 21.0. The third-order valence-electron chi connectivity index (χ3n) is 5.59. The zero-order valence-corrected chi connectivity index (χ0v) is 19.1. The molecule has 2 aromatic heterocycles. The number of aryl methyl sites for hydroxylation is 1. The Morgan fingerprint density at radius 1 is 1.12 bits per heavy atom. The van der Waals surface area contributed by atoms with Gasteiger partial charge in [0.15, 0.2) is 15.7 Å². The third kappa shape index (κ3) is 4.81. The second-order valence-electron chi connectivity index (χ2n) is 7.94. The van der Waals surface area contributed by atoms with Crippen LogP contribution in [0.3, 0.4) is 0 Å². The third-order valence-corrected chi connectivity index (χ3v) is 7.62. The van der Waals surface area contributed by atoms with E-state index in [4.69, 9.17) is 10.5 Å². The molecule has 33 heavy (non-hydrogen) atoms. The van der Waals surface area contributed by atoms with Crippen LogP contribution in [0.2, 0.25) is 0 Å². The van der Waals surface area contributed by atoms with Gasteiger partial charge in [-0.05, 0) is 37.1 Å². The first-order valence-electron chi connectivity index (χ1n) is 10.3. The lowest BCUT2D eigenvalue weighted by Gasteiger charge is -2.35. The molecular formula is C21H25N7O4S. The van der Waals surface area contributed by atoms with Crippen LogP contribution in [0.5, 0.6) is 0 Å². The average Bonchev–Trinajstić information content (AvgIpc) is 3.18. The van der Waals surface area contributed by atoms with Gasteiger partial charge in [0.05, 0.1) is 17.6 Å². The summed E-state index contributed by atoms with van der Waals surface area (Å²) >= 11 is 0. The Morgan fingerprint density at radius 2 is 1.79 bits per heavy atom. The van der Waals surface area contributed by atoms with Gasteiger partial charge in [-0.2, -0.15) is 5.10 Å². The predicted molar refractivity (Wildman–Crippen MR) is 124 cm³/mol. The van der Waals surface area contributed by atoms with Gasteiger partial charge in [0.2, 0.25) is 0 Å². The number of ether oxygens (including phenoxy) is 1. The number of nitrogens with two attached hydrogens (primary N) is 1. The van der Waals surface area contributed by atoms with Crippen molar-refractivity contribution in [1.82, 2.24) is 19.7 Å². The summed E-state index contributed by atoms with van der Waals surface area (Å²) in [6, 6.07) is 7.98. The molecule has 3 heterocycles. The van der Waals surface area contributed by atoms with Crippen molar-refractivity contribution in [2.75, 3.05) is 35.8 Å². The van der Waals surface area contributed by atoms with Crippen LogP contribution in [0.1, 0.15) is 18.5 Å². The molecule has 0 bridgehead atoms. The Kier molecular flexibility index (Phi) is 6.04. The average molecular weight is 472 g/mol. The van der Waals surface area contributed by atoms with Crippen molar-refractivity contribution in [1.29, 1.82) is 0 Å². The molecule has 1 aromatic carbocycles. The summed E-state index contributed by atoms with van der Waals surface area (Å²) in [7, 11) is -1.73. The first-order valence-corrected chi connectivity index (χ1v) is 12.1. The molecule has 4 rings (SSSR count). The van der Waals surface area contributed by atoms with Crippen molar-refractivity contribution in [2.24, 2.45) is 7.05 Å². The molecule has 1 saturated heterocycles. The molecule has 0 spiro atoms. The van der Waals surface area contributed by atoms with Crippen LogP contribution in [0.4, 0.5) is 22.0 Å². The molecule has 11 nitrogen and oxygen atoms in total. The lowest BCUT2D eigenvalue weighted by Crippen LogP contribution is -2.41. The normalized spacial score (nSPS) is 15.7. The number of benzene rings is 1. The number of rotatable bonds is 5. The van der Waals surface area contributed by atoms with E-state index in [0.717, 1.165) is 0 Å². The highest BCUT2D eigenvalue weighted by Crippen LogP contribution is 2.39. The lowest BCUT2D eigenvalue weighted by molar-refractivity contribution is 0.0732. The van der Waals surface area contributed by atoms with Crippen molar-refractivity contribution in [3.63, 3.8) is 0 Å². The summed E-state index contributed by atoms with van der Waals surface area (Å²) in [5.74, 6) is 0.494. The van der Waals surface area contributed by atoms with E-state index in [1.54, 1.807) is 48.4 Å². The van der Waals surface area contributed by atoms with Gasteiger partial charge in [-0.3, -0.25) is 4.68 Å². The summed E-state index contributed by atoms with van der Waals surface area (Å²) < 4.78 is 31.3. The minimum atomic E-state index is -3.49. The van der Waals surface area contributed by atoms with Gasteiger partial charge in [-0.25, -0.2) is 23.2 Å². The van der Waals surface area contributed by atoms with E-state index in [1.807, 2.05) is 0 Å². The van der Waals surface area contributed by atoms with Crippen molar-refractivity contribution in [3.8, 4) is 11.4 Å². The number of sulfone groups is 1. The number of hydrogen-bond acceptors (Lipinski definition) is 8. The van der Waals surface area contributed by atoms with Crippen molar-refractivity contribution in [2.45, 2.75) is 17.6 Å². The van der Waals surface area contributed by atoms with Gasteiger partial charge in [0.1, 0.15) is 10.6 Å². The molecule has 0 radical (unpaired) electrons. The first-order chi connectivity index (χ1) is 15.7. The Balaban J connectivity index is 1.57. The van der Waals surface area contributed by atoms with Crippen molar-refractivity contribution < 1.29 is 17.9 Å². The number of hydrogen-bond donors (Lipinski definition) is 3. The number of nitrogens with one attached hydrogen (secondary N) is 2. The lowest BCUT2D eigenvalue weighted by atomic mass is 9.94. The molecule has 0 saturated carbocycles. The van der Waals surface area contributed by atoms with Crippen molar-refractivity contribution in [3.05, 3.63) is 48.4 Å². The van der Waals surface area contributed by atoms with Gasteiger partial charge in [-0.15, -0.1) is 0 Å². The topological polar surface area (TPSA) is 154 Å². The first kappa shape index (κ1) is 22.7. The summed E-state index contributed by atoms with van der Waals surface area (Å²) in [5.41, 5.74) is 8.16. The highest BCUT2D eigenvalue weighted by atomic mass is 32.2. The van der Waals surface area contributed by atoms with E-state index >= 15 is 0 Å². The Bertz CT molecular complexity index is 1270. The van der Waals surface area contributed by atoms with Gasteiger partial charge < -0.3 is 21.1 Å². The second kappa shape index (κ2) is 8.79. The molecule has 0 aliphatic carbocycles. The molecule has 1 fully saturated rings. The summed E-state index contributed by atoms with van der Waals surface area (Å²) in [5, 5.41) is 9.41. The standard InChI is InChI=1S/C21H25N7O4S/c1-28-13-16(12-23-28)25-20(29)24-15-5-3-14(4-6-15)19-26-17(11-18(22)27-19)21(33(2,30)31)7-9-32-10-8-21/h3-6,11-13H,7-10H2,1-2H3,(H2,22,26,27)(H2,24,25,29). The van der Waals surface area contributed by atoms with E-state index in [1.165, 1.54) is 12.3 Å². The molecule has 174 valence electrons. The van der Waals surface area contributed by atoms with Crippen LogP contribution in [0.25, 0.3) is 11.4 Å². The van der Waals surface area contributed by atoms with E-state index in [9.17, 15) is 13.2 Å². The smallest absolute Gasteiger partial charge is 0.323 e. The molecule has 1 aliphatic rings.